The van der Waals surface area contributed by atoms with Crippen LogP contribution in [0.15, 0.2) is 42.1 Å². The smallest absolute Gasteiger partial charge is 0.251 e. The van der Waals surface area contributed by atoms with Crippen molar-refractivity contribution in [2.45, 2.75) is 64.0 Å². The Morgan fingerprint density at radius 1 is 1.18 bits per heavy atom. The first-order valence-corrected chi connectivity index (χ1v) is 12.2. The molecule has 2 aliphatic rings. The van der Waals surface area contributed by atoms with E-state index in [9.17, 15) is 13.2 Å². The van der Waals surface area contributed by atoms with Gasteiger partial charge in [0.15, 0.2) is 0 Å². The first-order chi connectivity index (χ1) is 16.5. The molecule has 7 heteroatoms. The zero-order valence-electron chi connectivity index (χ0n) is 20.0. The number of ether oxygens (including phenoxy) is 1. The maximum atomic E-state index is 13.7. The van der Waals surface area contributed by atoms with Crippen LogP contribution < -0.4 is 10.1 Å². The molecule has 0 radical (unpaired) electrons. The molecule has 0 fully saturated rings. The largest absolute Gasteiger partial charge is 0.496 e. The maximum absolute atomic E-state index is 13.7. The quantitative estimate of drug-likeness (QED) is 0.381. The van der Waals surface area contributed by atoms with Crippen molar-refractivity contribution in [1.29, 1.82) is 0 Å². The number of hydrogen-bond acceptors (Lipinski definition) is 4. The molecule has 34 heavy (non-hydrogen) atoms. The highest BCUT2D eigenvalue weighted by Gasteiger charge is 2.41. The van der Waals surface area contributed by atoms with Crippen molar-refractivity contribution >= 4 is 11.4 Å². The molecular weight excluding hydrogens is 439 g/mol. The zero-order chi connectivity index (χ0) is 24.1. The van der Waals surface area contributed by atoms with Crippen LogP contribution in [-0.4, -0.2) is 49.2 Å². The lowest BCUT2D eigenvalue weighted by atomic mass is 9.85. The molecule has 4 nitrogen and oxygen atoms in total. The number of aromatic nitrogens is 1. The molecule has 0 saturated carbocycles. The molecular formula is C27H34F3N3O. The third kappa shape index (κ3) is 5.24. The molecule has 0 spiro atoms. The van der Waals surface area contributed by atoms with Crippen LogP contribution in [0.4, 0.5) is 19.0 Å². The van der Waals surface area contributed by atoms with E-state index in [0.717, 1.165) is 44.2 Å². The Morgan fingerprint density at radius 2 is 1.97 bits per heavy atom. The number of pyridine rings is 1. The van der Waals surface area contributed by atoms with E-state index in [0.29, 0.717) is 18.0 Å². The van der Waals surface area contributed by atoms with E-state index in [2.05, 4.69) is 22.4 Å². The third-order valence-corrected chi connectivity index (χ3v) is 6.96. The second-order valence-corrected chi connectivity index (χ2v) is 9.22. The van der Waals surface area contributed by atoms with Gasteiger partial charge in [-0.2, -0.15) is 0 Å². The molecule has 1 aromatic heterocycles. The van der Waals surface area contributed by atoms with E-state index < -0.39 is 6.43 Å². The Morgan fingerprint density at radius 3 is 2.74 bits per heavy atom. The summed E-state index contributed by atoms with van der Waals surface area (Å²) in [4.78, 5) is 6.52. The fraction of sp³-hybridized carbons (Fsp3) is 0.519. The molecule has 2 aromatic rings. The average molecular weight is 474 g/mol. The summed E-state index contributed by atoms with van der Waals surface area (Å²) in [5.74, 6) is 1.34. The van der Waals surface area contributed by atoms with Crippen molar-refractivity contribution in [2.24, 2.45) is 0 Å². The Balaban J connectivity index is 1.62. The molecule has 4 rings (SSSR count). The van der Waals surface area contributed by atoms with Gasteiger partial charge in [0.2, 0.25) is 0 Å². The van der Waals surface area contributed by atoms with Crippen LogP contribution >= 0.6 is 0 Å². The van der Waals surface area contributed by atoms with Crippen molar-refractivity contribution in [1.82, 2.24) is 9.88 Å². The number of nitrogens with zero attached hydrogens (tertiary/aromatic N) is 2. The normalized spacial score (nSPS) is 19.9. The van der Waals surface area contributed by atoms with Crippen molar-refractivity contribution in [3.8, 4) is 5.75 Å². The summed E-state index contributed by atoms with van der Waals surface area (Å²) in [6.07, 6.45) is 4.25. The highest BCUT2D eigenvalue weighted by Crippen LogP contribution is 2.50. The van der Waals surface area contributed by atoms with Gasteiger partial charge in [-0.05, 0) is 54.9 Å². The Hall–Kier alpha value is -2.54. The minimum Gasteiger partial charge on any atom is -0.496 e. The van der Waals surface area contributed by atoms with Crippen molar-refractivity contribution in [2.75, 3.05) is 32.2 Å². The average Bonchev–Trinajstić information content (AvgIpc) is 3.19. The van der Waals surface area contributed by atoms with E-state index in [-0.39, 0.29) is 25.3 Å². The summed E-state index contributed by atoms with van der Waals surface area (Å²) < 4.78 is 45.3. The van der Waals surface area contributed by atoms with Gasteiger partial charge < -0.3 is 10.1 Å². The molecule has 0 unspecified atom stereocenters. The first kappa shape index (κ1) is 24.6. The predicted octanol–water partition coefficient (Wildman–Crippen LogP) is 6.44. The highest BCUT2D eigenvalue weighted by atomic mass is 19.3. The number of halogens is 3. The van der Waals surface area contributed by atoms with Crippen LogP contribution in [0.25, 0.3) is 5.57 Å². The third-order valence-electron chi connectivity index (χ3n) is 6.96. The van der Waals surface area contributed by atoms with E-state index in [1.807, 2.05) is 30.0 Å². The van der Waals surface area contributed by atoms with Gasteiger partial charge in [-0.25, -0.2) is 13.8 Å². The number of methoxy groups -OCH3 is 1. The van der Waals surface area contributed by atoms with Gasteiger partial charge >= 0.3 is 0 Å². The topological polar surface area (TPSA) is 37.4 Å². The van der Waals surface area contributed by atoms with Gasteiger partial charge in [0.1, 0.15) is 11.6 Å². The minimum atomic E-state index is -2.42. The zero-order valence-corrected chi connectivity index (χ0v) is 20.0. The molecule has 1 aliphatic carbocycles. The van der Waals surface area contributed by atoms with Gasteiger partial charge in [0, 0.05) is 30.4 Å². The fourth-order valence-corrected chi connectivity index (χ4v) is 5.35. The maximum Gasteiger partial charge on any atom is 0.251 e. The number of hydrogen-bond donors (Lipinski definition) is 1. The molecule has 0 saturated heterocycles. The molecule has 0 amide bonds. The number of anilines is 1. The number of unbranched alkanes of at least 4 members (excludes halogenated alkanes) is 3. The fourth-order valence-electron chi connectivity index (χ4n) is 5.35. The van der Waals surface area contributed by atoms with E-state index in [1.54, 1.807) is 13.3 Å². The molecule has 1 N–H and O–H groups in total. The monoisotopic (exact) mass is 473 g/mol. The van der Waals surface area contributed by atoms with Gasteiger partial charge in [0.25, 0.3) is 6.43 Å². The molecule has 0 bridgehead atoms. The summed E-state index contributed by atoms with van der Waals surface area (Å²) in [5, 5.41) is 3.31. The van der Waals surface area contributed by atoms with Crippen LogP contribution in [0, 0.1) is 0 Å². The first-order valence-electron chi connectivity index (χ1n) is 12.2. The van der Waals surface area contributed by atoms with Crippen LogP contribution in [0.1, 0.15) is 61.8 Å². The lowest BCUT2D eigenvalue weighted by molar-refractivity contribution is 0.0475. The number of rotatable bonds is 11. The SMILES string of the molecule is COc1cc(NCCCCCCF)ncc1[C@@H]1C2=C(C[C@@H](C)N1CC(F)F)c1ccccc1C2. The number of benzene rings is 1. The lowest BCUT2D eigenvalue weighted by Gasteiger charge is -2.42. The highest BCUT2D eigenvalue weighted by molar-refractivity contribution is 5.79. The van der Waals surface area contributed by atoms with E-state index in [1.165, 1.54) is 22.3 Å². The van der Waals surface area contributed by atoms with Gasteiger partial charge in [-0.3, -0.25) is 9.29 Å². The summed E-state index contributed by atoms with van der Waals surface area (Å²) in [6, 6.07) is 9.86. The van der Waals surface area contributed by atoms with Crippen LogP contribution in [-0.2, 0) is 6.42 Å². The number of fused-ring (bicyclic) bond motifs is 2. The summed E-state index contributed by atoms with van der Waals surface area (Å²) in [6.45, 7) is 2.21. The van der Waals surface area contributed by atoms with Gasteiger partial charge in [-0.1, -0.05) is 37.1 Å². The van der Waals surface area contributed by atoms with E-state index in [4.69, 9.17) is 4.74 Å². The van der Waals surface area contributed by atoms with Crippen LogP contribution in [0.3, 0.4) is 0 Å². The number of alkyl halides is 3. The minimum absolute atomic E-state index is 0.0317. The number of nitrogens with one attached hydrogen (secondary N) is 1. The standard InChI is InChI=1S/C27H34F3N3O/c1-18-13-21-20-10-6-5-9-19(20)14-22(21)27(33(18)17-25(29)30)23-16-32-26(15-24(23)34-2)31-12-8-4-3-7-11-28/h5-6,9-10,15-16,18,25,27H,3-4,7-8,11-14,17H2,1-2H3,(H,31,32)/t18-,27+/m1/s1. The Bertz CT molecular complexity index is 1010. The van der Waals surface area contributed by atoms with Crippen molar-refractivity contribution < 1.29 is 17.9 Å². The van der Waals surface area contributed by atoms with Crippen LogP contribution in [0.2, 0.25) is 0 Å². The second-order valence-electron chi connectivity index (χ2n) is 9.22. The molecule has 2 heterocycles. The summed E-state index contributed by atoms with van der Waals surface area (Å²) in [5.41, 5.74) is 5.76. The molecule has 184 valence electrons. The molecule has 2 atom stereocenters. The Labute approximate surface area is 200 Å². The van der Waals surface area contributed by atoms with Crippen molar-refractivity contribution in [3.05, 3.63) is 58.8 Å². The van der Waals surface area contributed by atoms with E-state index >= 15 is 0 Å². The van der Waals surface area contributed by atoms with Crippen LogP contribution in [0.5, 0.6) is 5.75 Å². The summed E-state index contributed by atoms with van der Waals surface area (Å²) in [7, 11) is 1.61. The van der Waals surface area contributed by atoms with Crippen molar-refractivity contribution in [3.63, 3.8) is 0 Å². The summed E-state index contributed by atoms with van der Waals surface area (Å²) >= 11 is 0. The Kier molecular flexibility index (Phi) is 8.14. The van der Waals surface area contributed by atoms with Gasteiger partial charge in [-0.15, -0.1) is 0 Å². The lowest BCUT2D eigenvalue weighted by Crippen LogP contribution is -2.43. The molecule has 1 aliphatic heterocycles. The van der Waals surface area contributed by atoms with Gasteiger partial charge in [0.05, 0.1) is 26.4 Å². The second kappa shape index (κ2) is 11.3. The predicted molar refractivity (Wildman–Crippen MR) is 130 cm³/mol. The molecule has 1 aromatic carbocycles.